The second kappa shape index (κ2) is 3.14. The largest absolute Gasteiger partial charge is 0.461 e. The Labute approximate surface area is 62.4 Å². The average Bonchev–Trinajstić information content (AvgIpc) is 2.36. The van der Waals surface area contributed by atoms with Crippen LogP contribution in [0.25, 0.3) is 0 Å². The number of aromatic amines is 1. The van der Waals surface area contributed by atoms with E-state index in [1.807, 2.05) is 0 Å². The van der Waals surface area contributed by atoms with Gasteiger partial charge in [-0.3, -0.25) is 5.10 Å². The van der Waals surface area contributed by atoms with Crippen molar-refractivity contribution in [3.63, 3.8) is 0 Å². The molecule has 1 heterocycles. The Morgan fingerprint density at radius 2 is 2.64 bits per heavy atom. The third-order valence-electron chi connectivity index (χ3n) is 1.07. The fraction of sp³-hybridized carbons (Fsp3) is 0.333. The Morgan fingerprint density at radius 1 is 1.91 bits per heavy atom. The zero-order valence-corrected chi connectivity index (χ0v) is 5.93. The molecule has 1 aromatic rings. The lowest BCUT2D eigenvalue weighted by molar-refractivity contribution is 0.0514. The van der Waals surface area contributed by atoms with Crippen molar-refractivity contribution in [3.8, 4) is 0 Å². The van der Waals surface area contributed by atoms with Crippen LogP contribution in [-0.2, 0) is 4.74 Å². The molecule has 0 bridgehead atoms. The number of H-pyrrole nitrogens is 1. The molecule has 0 aliphatic rings. The van der Waals surface area contributed by atoms with Gasteiger partial charge in [0.15, 0.2) is 11.5 Å². The first kappa shape index (κ1) is 7.71. The Bertz CT molecular complexity index is 259. The van der Waals surface area contributed by atoms with Crippen molar-refractivity contribution < 1.29 is 13.9 Å². The maximum absolute atomic E-state index is 12.5. The lowest BCUT2D eigenvalue weighted by Gasteiger charge is -1.96. The first-order valence-corrected chi connectivity index (χ1v) is 3.11. The number of hydrogen-bond acceptors (Lipinski definition) is 3. The summed E-state index contributed by atoms with van der Waals surface area (Å²) in [6, 6.07) is 0. The normalized spacial score (nSPS) is 9.64. The van der Waals surface area contributed by atoms with E-state index in [1.165, 1.54) is 0 Å². The van der Waals surface area contributed by atoms with Gasteiger partial charge >= 0.3 is 5.97 Å². The SMILES string of the molecule is CCOC(=O)c1[nH]ncc1F. The number of ether oxygens (including phenoxy) is 1. The van der Waals surface area contributed by atoms with E-state index in [-0.39, 0.29) is 12.3 Å². The van der Waals surface area contributed by atoms with Crippen molar-refractivity contribution in [2.24, 2.45) is 0 Å². The second-order valence-corrected chi connectivity index (χ2v) is 1.81. The third-order valence-corrected chi connectivity index (χ3v) is 1.07. The number of esters is 1. The fourth-order valence-corrected chi connectivity index (χ4v) is 0.618. The number of carbonyl (C=O) groups excluding carboxylic acids is 1. The van der Waals surface area contributed by atoms with Crippen LogP contribution in [0, 0.1) is 5.82 Å². The molecule has 0 saturated heterocycles. The molecular formula is C6H7FN2O2. The van der Waals surface area contributed by atoms with E-state index >= 15 is 0 Å². The number of nitrogens with one attached hydrogen (secondary N) is 1. The molecule has 0 aliphatic heterocycles. The smallest absolute Gasteiger partial charge is 0.359 e. The molecule has 0 unspecified atom stereocenters. The molecule has 1 aromatic heterocycles. The van der Waals surface area contributed by atoms with Gasteiger partial charge in [0, 0.05) is 0 Å². The van der Waals surface area contributed by atoms with E-state index in [9.17, 15) is 9.18 Å². The lowest BCUT2D eigenvalue weighted by Crippen LogP contribution is -2.06. The summed E-state index contributed by atoms with van der Waals surface area (Å²) in [7, 11) is 0. The first-order chi connectivity index (χ1) is 5.25. The minimum Gasteiger partial charge on any atom is -0.461 e. The molecule has 1 rings (SSSR count). The van der Waals surface area contributed by atoms with Crippen LogP contribution in [0.4, 0.5) is 4.39 Å². The number of rotatable bonds is 2. The van der Waals surface area contributed by atoms with Gasteiger partial charge in [0.1, 0.15) is 0 Å². The van der Waals surface area contributed by atoms with E-state index in [1.54, 1.807) is 6.92 Å². The van der Waals surface area contributed by atoms with Gasteiger partial charge in [-0.2, -0.15) is 5.10 Å². The Balaban J connectivity index is 2.76. The Hall–Kier alpha value is -1.39. The molecule has 11 heavy (non-hydrogen) atoms. The molecule has 4 nitrogen and oxygen atoms in total. The van der Waals surface area contributed by atoms with E-state index in [4.69, 9.17) is 0 Å². The first-order valence-electron chi connectivity index (χ1n) is 3.11. The van der Waals surface area contributed by atoms with E-state index in [2.05, 4.69) is 14.9 Å². The van der Waals surface area contributed by atoms with Gasteiger partial charge in [0.2, 0.25) is 0 Å². The molecule has 0 aromatic carbocycles. The average molecular weight is 158 g/mol. The van der Waals surface area contributed by atoms with Crippen molar-refractivity contribution in [2.75, 3.05) is 6.61 Å². The summed E-state index contributed by atoms with van der Waals surface area (Å²) < 4.78 is 17.0. The number of carbonyl (C=O) groups is 1. The summed E-state index contributed by atoms with van der Waals surface area (Å²) in [6.07, 6.45) is 0.923. The maximum Gasteiger partial charge on any atom is 0.359 e. The molecule has 0 saturated carbocycles. The molecule has 0 atom stereocenters. The van der Waals surface area contributed by atoms with E-state index in [0.717, 1.165) is 6.20 Å². The second-order valence-electron chi connectivity index (χ2n) is 1.81. The molecule has 60 valence electrons. The van der Waals surface area contributed by atoms with Gasteiger partial charge in [-0.1, -0.05) is 0 Å². The van der Waals surface area contributed by atoms with Crippen LogP contribution >= 0.6 is 0 Å². The summed E-state index contributed by atoms with van der Waals surface area (Å²) >= 11 is 0. The highest BCUT2D eigenvalue weighted by Crippen LogP contribution is 2.02. The van der Waals surface area contributed by atoms with Crippen molar-refractivity contribution in [1.29, 1.82) is 0 Å². The standard InChI is InChI=1S/C6H7FN2O2/c1-2-11-6(10)5-4(7)3-8-9-5/h3H,2H2,1H3,(H,8,9). The van der Waals surface area contributed by atoms with Crippen LogP contribution < -0.4 is 0 Å². The molecule has 0 amide bonds. The monoisotopic (exact) mass is 158 g/mol. The molecule has 5 heteroatoms. The van der Waals surface area contributed by atoms with Gasteiger partial charge in [-0.25, -0.2) is 9.18 Å². The van der Waals surface area contributed by atoms with Crippen LogP contribution in [-0.4, -0.2) is 22.8 Å². The number of nitrogens with zero attached hydrogens (tertiary/aromatic N) is 1. The Kier molecular flexibility index (Phi) is 2.20. The molecule has 1 N–H and O–H groups in total. The van der Waals surface area contributed by atoms with Gasteiger partial charge in [0.25, 0.3) is 0 Å². The predicted octanol–water partition coefficient (Wildman–Crippen LogP) is 0.726. The zero-order valence-electron chi connectivity index (χ0n) is 5.93. The van der Waals surface area contributed by atoms with Crippen molar-refractivity contribution in [1.82, 2.24) is 10.2 Å². The van der Waals surface area contributed by atoms with Crippen LogP contribution in [0.1, 0.15) is 17.4 Å². The van der Waals surface area contributed by atoms with Gasteiger partial charge in [-0.15, -0.1) is 0 Å². The molecule has 0 spiro atoms. The van der Waals surface area contributed by atoms with Gasteiger partial charge in [0.05, 0.1) is 12.8 Å². The highest BCUT2D eigenvalue weighted by molar-refractivity contribution is 5.87. The highest BCUT2D eigenvalue weighted by atomic mass is 19.1. The van der Waals surface area contributed by atoms with E-state index in [0.29, 0.717) is 0 Å². The van der Waals surface area contributed by atoms with E-state index < -0.39 is 11.8 Å². The summed E-state index contributed by atoms with van der Waals surface area (Å²) in [4.78, 5) is 10.8. The minimum atomic E-state index is -0.720. The quantitative estimate of drug-likeness (QED) is 0.645. The van der Waals surface area contributed by atoms with Crippen LogP contribution in [0.3, 0.4) is 0 Å². The fourth-order valence-electron chi connectivity index (χ4n) is 0.618. The maximum atomic E-state index is 12.5. The molecule has 0 aliphatic carbocycles. The van der Waals surface area contributed by atoms with Crippen molar-refractivity contribution >= 4 is 5.97 Å². The van der Waals surface area contributed by atoms with Crippen molar-refractivity contribution in [2.45, 2.75) is 6.92 Å². The van der Waals surface area contributed by atoms with Crippen LogP contribution in [0.2, 0.25) is 0 Å². The number of halogens is 1. The summed E-state index contributed by atoms with van der Waals surface area (Å²) in [6.45, 7) is 1.86. The number of aromatic nitrogens is 2. The Morgan fingerprint density at radius 3 is 3.09 bits per heavy atom. The highest BCUT2D eigenvalue weighted by Gasteiger charge is 2.13. The molecule has 0 radical (unpaired) electrons. The third kappa shape index (κ3) is 1.54. The van der Waals surface area contributed by atoms with Crippen LogP contribution in [0.15, 0.2) is 6.20 Å². The zero-order chi connectivity index (χ0) is 8.27. The lowest BCUT2D eigenvalue weighted by atomic mass is 10.4. The molecular weight excluding hydrogens is 151 g/mol. The summed E-state index contributed by atoms with van der Waals surface area (Å²) in [5.41, 5.74) is -0.230. The minimum absolute atomic E-state index is 0.220. The van der Waals surface area contributed by atoms with Gasteiger partial charge in [-0.05, 0) is 6.92 Å². The topological polar surface area (TPSA) is 55.0 Å². The number of hydrogen-bond donors (Lipinski definition) is 1. The van der Waals surface area contributed by atoms with Gasteiger partial charge < -0.3 is 4.74 Å². The summed E-state index contributed by atoms with van der Waals surface area (Å²) in [5, 5.41) is 5.51. The predicted molar refractivity (Wildman–Crippen MR) is 34.5 cm³/mol. The molecule has 0 fully saturated rings. The summed E-state index contributed by atoms with van der Waals surface area (Å²) in [5.74, 6) is -1.41. The van der Waals surface area contributed by atoms with Crippen LogP contribution in [0.5, 0.6) is 0 Å². The van der Waals surface area contributed by atoms with Crippen molar-refractivity contribution in [3.05, 3.63) is 17.7 Å².